The SMILES string of the molecule is COC(=O)NC1(NC(=O)O)CCCCC1. The van der Waals surface area contributed by atoms with Gasteiger partial charge in [0.1, 0.15) is 5.66 Å². The maximum absolute atomic E-state index is 11.1. The quantitative estimate of drug-likeness (QED) is 0.606. The number of amides is 2. The number of carbonyl (C=O) groups excluding carboxylic acids is 1. The van der Waals surface area contributed by atoms with Crippen LogP contribution in [0.1, 0.15) is 32.1 Å². The third kappa shape index (κ3) is 3.30. The van der Waals surface area contributed by atoms with Crippen molar-refractivity contribution in [1.29, 1.82) is 0 Å². The maximum Gasteiger partial charge on any atom is 0.408 e. The zero-order valence-electron chi connectivity index (χ0n) is 8.71. The lowest BCUT2D eigenvalue weighted by molar-refractivity contribution is 0.121. The van der Waals surface area contributed by atoms with Gasteiger partial charge in [0.2, 0.25) is 0 Å². The monoisotopic (exact) mass is 216 g/mol. The van der Waals surface area contributed by atoms with Crippen LogP contribution in [0.3, 0.4) is 0 Å². The van der Waals surface area contributed by atoms with Crippen molar-refractivity contribution in [2.75, 3.05) is 7.11 Å². The smallest absolute Gasteiger partial charge is 0.408 e. The summed E-state index contributed by atoms with van der Waals surface area (Å²) in [7, 11) is 1.26. The zero-order chi connectivity index (χ0) is 11.3. The van der Waals surface area contributed by atoms with Gasteiger partial charge in [-0.3, -0.25) is 10.6 Å². The Labute approximate surface area is 88.0 Å². The summed E-state index contributed by atoms with van der Waals surface area (Å²) in [5.41, 5.74) is -0.850. The molecule has 6 heteroatoms. The van der Waals surface area contributed by atoms with E-state index in [0.29, 0.717) is 12.8 Å². The van der Waals surface area contributed by atoms with E-state index in [4.69, 9.17) is 5.11 Å². The van der Waals surface area contributed by atoms with E-state index >= 15 is 0 Å². The fraction of sp³-hybridized carbons (Fsp3) is 0.778. The normalized spacial score (nSPS) is 19.0. The van der Waals surface area contributed by atoms with Crippen LogP contribution in [-0.4, -0.2) is 30.1 Å². The van der Waals surface area contributed by atoms with Gasteiger partial charge in [0.25, 0.3) is 0 Å². The van der Waals surface area contributed by atoms with Gasteiger partial charge in [-0.2, -0.15) is 0 Å². The first kappa shape index (κ1) is 11.6. The minimum absolute atomic E-state index is 0.606. The largest absolute Gasteiger partial charge is 0.465 e. The van der Waals surface area contributed by atoms with E-state index in [9.17, 15) is 9.59 Å². The van der Waals surface area contributed by atoms with Crippen LogP contribution in [0.15, 0.2) is 0 Å². The lowest BCUT2D eigenvalue weighted by Gasteiger charge is -2.37. The summed E-state index contributed by atoms with van der Waals surface area (Å²) < 4.78 is 4.48. The summed E-state index contributed by atoms with van der Waals surface area (Å²) in [6.07, 6.45) is 2.32. The van der Waals surface area contributed by atoms with E-state index in [-0.39, 0.29) is 0 Å². The van der Waals surface area contributed by atoms with Gasteiger partial charge < -0.3 is 9.84 Å². The van der Waals surface area contributed by atoms with Crippen LogP contribution in [0.25, 0.3) is 0 Å². The fourth-order valence-corrected chi connectivity index (χ4v) is 1.89. The van der Waals surface area contributed by atoms with E-state index in [1.54, 1.807) is 0 Å². The molecule has 1 rings (SSSR count). The highest BCUT2D eigenvalue weighted by Gasteiger charge is 2.35. The topological polar surface area (TPSA) is 87.7 Å². The summed E-state index contributed by atoms with van der Waals surface area (Å²) >= 11 is 0. The number of carbonyl (C=O) groups is 2. The van der Waals surface area contributed by atoms with Crippen molar-refractivity contribution in [3.8, 4) is 0 Å². The summed E-state index contributed by atoms with van der Waals surface area (Å²) in [5, 5.41) is 13.6. The second-order valence-corrected chi connectivity index (χ2v) is 3.69. The Balaban J connectivity index is 2.65. The predicted molar refractivity (Wildman–Crippen MR) is 52.5 cm³/mol. The number of alkyl carbamates (subject to hydrolysis) is 1. The molecule has 1 aliphatic rings. The lowest BCUT2D eigenvalue weighted by atomic mass is 9.89. The molecule has 6 nitrogen and oxygen atoms in total. The molecule has 15 heavy (non-hydrogen) atoms. The molecule has 0 bridgehead atoms. The van der Waals surface area contributed by atoms with Crippen molar-refractivity contribution in [2.24, 2.45) is 0 Å². The Morgan fingerprint density at radius 2 is 1.80 bits per heavy atom. The van der Waals surface area contributed by atoms with Gasteiger partial charge in [-0.1, -0.05) is 6.42 Å². The molecular formula is C9H16N2O4. The Bertz CT molecular complexity index is 248. The summed E-state index contributed by atoms with van der Waals surface area (Å²) in [6, 6.07) is 0. The Morgan fingerprint density at radius 3 is 2.27 bits per heavy atom. The molecule has 0 aromatic rings. The molecule has 2 amide bonds. The Morgan fingerprint density at radius 1 is 1.20 bits per heavy atom. The first-order valence-electron chi connectivity index (χ1n) is 4.95. The zero-order valence-corrected chi connectivity index (χ0v) is 8.71. The van der Waals surface area contributed by atoms with E-state index in [2.05, 4.69) is 15.4 Å². The number of ether oxygens (including phenoxy) is 1. The average molecular weight is 216 g/mol. The van der Waals surface area contributed by atoms with Crippen molar-refractivity contribution in [3.05, 3.63) is 0 Å². The van der Waals surface area contributed by atoms with Crippen LogP contribution >= 0.6 is 0 Å². The van der Waals surface area contributed by atoms with Crippen molar-refractivity contribution in [3.63, 3.8) is 0 Å². The number of nitrogens with one attached hydrogen (secondary N) is 2. The van der Waals surface area contributed by atoms with Crippen LogP contribution in [-0.2, 0) is 4.74 Å². The van der Waals surface area contributed by atoms with Crippen molar-refractivity contribution < 1.29 is 19.4 Å². The molecular weight excluding hydrogens is 200 g/mol. The minimum atomic E-state index is -1.13. The molecule has 0 aromatic heterocycles. The molecule has 1 fully saturated rings. The fourth-order valence-electron chi connectivity index (χ4n) is 1.89. The number of methoxy groups -OCH3 is 1. The minimum Gasteiger partial charge on any atom is -0.465 e. The molecule has 0 atom stereocenters. The van der Waals surface area contributed by atoms with Crippen molar-refractivity contribution in [2.45, 2.75) is 37.8 Å². The second-order valence-electron chi connectivity index (χ2n) is 3.69. The molecule has 1 aliphatic carbocycles. The highest BCUT2D eigenvalue weighted by atomic mass is 16.5. The van der Waals surface area contributed by atoms with Crippen LogP contribution in [0, 0.1) is 0 Å². The van der Waals surface area contributed by atoms with Crippen LogP contribution in [0.4, 0.5) is 9.59 Å². The molecule has 3 N–H and O–H groups in total. The highest BCUT2D eigenvalue weighted by Crippen LogP contribution is 2.25. The number of hydrogen-bond donors (Lipinski definition) is 3. The highest BCUT2D eigenvalue weighted by molar-refractivity contribution is 5.71. The molecule has 0 spiro atoms. The van der Waals surface area contributed by atoms with Crippen LogP contribution < -0.4 is 10.6 Å². The van der Waals surface area contributed by atoms with Gasteiger partial charge in [0.05, 0.1) is 7.11 Å². The standard InChI is InChI=1S/C9H16N2O4/c1-15-8(14)11-9(10-7(12)13)5-3-2-4-6-9/h10H,2-6H2,1H3,(H,11,14)(H,12,13). The van der Waals surface area contributed by atoms with Gasteiger partial charge >= 0.3 is 12.2 Å². The number of hydrogen-bond acceptors (Lipinski definition) is 3. The number of rotatable bonds is 2. The second kappa shape index (κ2) is 4.86. The third-order valence-electron chi connectivity index (χ3n) is 2.58. The first-order valence-corrected chi connectivity index (χ1v) is 4.95. The lowest BCUT2D eigenvalue weighted by Crippen LogP contribution is -2.61. The Hall–Kier alpha value is -1.46. The molecule has 0 heterocycles. The molecule has 0 radical (unpaired) electrons. The molecule has 0 aromatic carbocycles. The summed E-state index contributed by atoms with van der Waals surface area (Å²) in [4.78, 5) is 21.7. The van der Waals surface area contributed by atoms with Gasteiger partial charge in [0.15, 0.2) is 0 Å². The summed E-state index contributed by atoms with van der Waals surface area (Å²) in [6.45, 7) is 0. The van der Waals surface area contributed by atoms with E-state index < -0.39 is 17.8 Å². The van der Waals surface area contributed by atoms with E-state index in [0.717, 1.165) is 19.3 Å². The van der Waals surface area contributed by atoms with E-state index in [1.165, 1.54) is 7.11 Å². The van der Waals surface area contributed by atoms with Gasteiger partial charge in [-0.05, 0) is 25.7 Å². The van der Waals surface area contributed by atoms with E-state index in [1.807, 2.05) is 0 Å². The summed E-state index contributed by atoms with van der Waals surface area (Å²) in [5.74, 6) is 0. The third-order valence-corrected chi connectivity index (χ3v) is 2.58. The number of carboxylic acid groups (broad SMARTS) is 1. The molecule has 0 unspecified atom stereocenters. The average Bonchev–Trinajstić information content (AvgIpc) is 2.17. The predicted octanol–water partition coefficient (Wildman–Crippen LogP) is 1.27. The maximum atomic E-state index is 11.1. The molecule has 0 saturated heterocycles. The molecule has 1 saturated carbocycles. The first-order chi connectivity index (χ1) is 7.08. The van der Waals surface area contributed by atoms with Gasteiger partial charge in [-0.15, -0.1) is 0 Å². The molecule has 86 valence electrons. The van der Waals surface area contributed by atoms with Gasteiger partial charge in [-0.25, -0.2) is 9.59 Å². The molecule has 0 aliphatic heterocycles. The van der Waals surface area contributed by atoms with Gasteiger partial charge in [0, 0.05) is 0 Å². The van der Waals surface area contributed by atoms with Crippen LogP contribution in [0.2, 0.25) is 0 Å². The van der Waals surface area contributed by atoms with Crippen LogP contribution in [0.5, 0.6) is 0 Å². The Kier molecular flexibility index (Phi) is 3.76. The van der Waals surface area contributed by atoms with Crippen molar-refractivity contribution in [1.82, 2.24) is 10.6 Å². The van der Waals surface area contributed by atoms with Crippen molar-refractivity contribution >= 4 is 12.2 Å².